The molecule has 0 aliphatic carbocycles. The number of ether oxygens (including phenoxy) is 1. The normalized spacial score (nSPS) is 23.3. The van der Waals surface area contributed by atoms with E-state index in [1.54, 1.807) is 17.3 Å². The molecule has 1 aromatic rings. The van der Waals surface area contributed by atoms with E-state index in [-0.39, 0.29) is 25.9 Å². The molecule has 0 saturated carbocycles. The molecule has 124 valence electrons. The molecule has 0 bridgehead atoms. The Bertz CT molecular complexity index is 558. The number of hydrogen-bond acceptors (Lipinski definition) is 6. The summed E-state index contributed by atoms with van der Waals surface area (Å²) in [5.41, 5.74) is 0.648. The minimum Gasteiger partial charge on any atom is -0.378 e. The van der Waals surface area contributed by atoms with Gasteiger partial charge < -0.3 is 9.64 Å². The predicted molar refractivity (Wildman–Crippen MR) is 79.2 cm³/mol. The van der Waals surface area contributed by atoms with Gasteiger partial charge in [-0.3, -0.25) is 4.90 Å². The second kappa shape index (κ2) is 6.72. The topological polar surface area (TPSA) is 65.3 Å². The highest BCUT2D eigenvalue weighted by molar-refractivity contribution is 5.32. The molecule has 2 fully saturated rings. The van der Waals surface area contributed by atoms with E-state index in [0.717, 1.165) is 13.1 Å². The van der Waals surface area contributed by atoms with Crippen molar-refractivity contribution in [1.82, 2.24) is 14.9 Å². The van der Waals surface area contributed by atoms with Gasteiger partial charge in [0, 0.05) is 57.0 Å². The number of piperidine rings is 1. The highest BCUT2D eigenvalue weighted by atomic mass is 19.3. The van der Waals surface area contributed by atoms with E-state index in [0.29, 0.717) is 24.7 Å². The van der Waals surface area contributed by atoms with Gasteiger partial charge >= 0.3 is 0 Å². The van der Waals surface area contributed by atoms with E-state index in [9.17, 15) is 14.0 Å². The van der Waals surface area contributed by atoms with Crippen LogP contribution in [0.3, 0.4) is 0 Å². The second-order valence-electron chi connectivity index (χ2n) is 5.84. The Morgan fingerprint density at radius 3 is 2.30 bits per heavy atom. The molecule has 2 aliphatic heterocycles. The van der Waals surface area contributed by atoms with E-state index < -0.39 is 12.0 Å². The van der Waals surface area contributed by atoms with Gasteiger partial charge in [-0.25, -0.2) is 18.7 Å². The molecular formula is C15H19F2N5O. The number of aromatic nitrogens is 2. The maximum Gasteiger partial charge on any atom is 0.250 e. The summed E-state index contributed by atoms with van der Waals surface area (Å²) in [6, 6.07) is 1.60. The number of nitrogens with zero attached hydrogens (tertiary/aromatic N) is 5. The molecule has 1 atom stereocenters. The van der Waals surface area contributed by atoms with Crippen LogP contribution in [0.25, 0.3) is 0 Å². The zero-order valence-corrected chi connectivity index (χ0v) is 12.8. The SMILES string of the molecule is N#CC(c1cnc(N2CCOCC2)nc1)N1CCC(F)(F)CC1. The van der Waals surface area contributed by atoms with Crippen molar-refractivity contribution >= 4 is 5.95 Å². The van der Waals surface area contributed by atoms with Gasteiger partial charge in [0.05, 0.1) is 19.3 Å². The Hall–Kier alpha value is -1.85. The Balaban J connectivity index is 1.68. The number of morpholine rings is 1. The third kappa shape index (κ3) is 3.74. The van der Waals surface area contributed by atoms with Crippen LogP contribution in [-0.4, -0.2) is 60.2 Å². The van der Waals surface area contributed by atoms with Gasteiger partial charge in [0.2, 0.25) is 5.95 Å². The lowest BCUT2D eigenvalue weighted by Gasteiger charge is -2.34. The molecule has 2 aliphatic rings. The maximum atomic E-state index is 13.3. The quantitative estimate of drug-likeness (QED) is 0.842. The molecule has 0 N–H and O–H groups in total. The lowest BCUT2D eigenvalue weighted by atomic mass is 10.0. The molecule has 0 spiro atoms. The van der Waals surface area contributed by atoms with E-state index in [4.69, 9.17) is 4.74 Å². The fraction of sp³-hybridized carbons (Fsp3) is 0.667. The van der Waals surface area contributed by atoms with Crippen molar-refractivity contribution in [2.24, 2.45) is 0 Å². The van der Waals surface area contributed by atoms with Crippen molar-refractivity contribution in [3.05, 3.63) is 18.0 Å². The summed E-state index contributed by atoms with van der Waals surface area (Å²) in [5, 5.41) is 9.42. The molecule has 0 radical (unpaired) electrons. The van der Waals surface area contributed by atoms with Gasteiger partial charge in [0.25, 0.3) is 5.92 Å². The molecule has 0 aromatic carbocycles. The first kappa shape index (κ1) is 16.0. The molecule has 3 rings (SSSR count). The Morgan fingerprint density at radius 1 is 1.13 bits per heavy atom. The zero-order valence-electron chi connectivity index (χ0n) is 12.8. The summed E-state index contributed by atoms with van der Waals surface area (Å²) in [4.78, 5) is 12.4. The van der Waals surface area contributed by atoms with Crippen LogP contribution in [0.15, 0.2) is 12.4 Å². The maximum absolute atomic E-state index is 13.3. The van der Waals surface area contributed by atoms with Crippen molar-refractivity contribution in [2.45, 2.75) is 24.8 Å². The summed E-state index contributed by atoms with van der Waals surface area (Å²) in [7, 11) is 0. The van der Waals surface area contributed by atoms with Crippen LogP contribution in [0.2, 0.25) is 0 Å². The van der Waals surface area contributed by atoms with Crippen molar-refractivity contribution in [3.8, 4) is 6.07 Å². The smallest absolute Gasteiger partial charge is 0.250 e. The highest BCUT2D eigenvalue weighted by Gasteiger charge is 2.36. The first-order valence-electron chi connectivity index (χ1n) is 7.75. The first-order chi connectivity index (χ1) is 11.1. The number of rotatable bonds is 3. The average Bonchev–Trinajstić information content (AvgIpc) is 2.58. The average molecular weight is 323 g/mol. The van der Waals surface area contributed by atoms with Gasteiger partial charge in [-0.15, -0.1) is 0 Å². The Kier molecular flexibility index (Phi) is 4.68. The van der Waals surface area contributed by atoms with Crippen LogP contribution >= 0.6 is 0 Å². The lowest BCUT2D eigenvalue weighted by molar-refractivity contribution is -0.0595. The molecule has 23 heavy (non-hydrogen) atoms. The van der Waals surface area contributed by atoms with Crippen LogP contribution in [0, 0.1) is 11.3 Å². The van der Waals surface area contributed by atoms with E-state index in [1.807, 2.05) is 4.90 Å². The largest absolute Gasteiger partial charge is 0.378 e. The van der Waals surface area contributed by atoms with Crippen LogP contribution < -0.4 is 4.90 Å². The standard InChI is InChI=1S/C15H19F2N5O/c16-15(17)1-3-21(4-2-15)13(9-18)12-10-19-14(20-11-12)22-5-7-23-8-6-22/h10-11,13H,1-8H2. The van der Waals surface area contributed by atoms with E-state index >= 15 is 0 Å². The zero-order chi connectivity index (χ0) is 16.3. The third-order valence-corrected chi connectivity index (χ3v) is 4.28. The van der Waals surface area contributed by atoms with Crippen molar-refractivity contribution in [1.29, 1.82) is 5.26 Å². The number of anilines is 1. The number of nitriles is 1. The summed E-state index contributed by atoms with van der Waals surface area (Å²) < 4.78 is 31.8. The third-order valence-electron chi connectivity index (χ3n) is 4.28. The van der Waals surface area contributed by atoms with Crippen LogP contribution in [0.4, 0.5) is 14.7 Å². The highest BCUT2D eigenvalue weighted by Crippen LogP contribution is 2.32. The van der Waals surface area contributed by atoms with Crippen molar-refractivity contribution < 1.29 is 13.5 Å². The molecule has 2 saturated heterocycles. The summed E-state index contributed by atoms with van der Waals surface area (Å²) in [6.45, 7) is 3.18. The molecule has 6 nitrogen and oxygen atoms in total. The Morgan fingerprint density at radius 2 is 1.74 bits per heavy atom. The fourth-order valence-electron chi connectivity index (χ4n) is 2.88. The number of likely N-dealkylation sites (tertiary alicyclic amines) is 1. The molecule has 8 heteroatoms. The van der Waals surface area contributed by atoms with Crippen molar-refractivity contribution in [2.75, 3.05) is 44.3 Å². The fourth-order valence-corrected chi connectivity index (χ4v) is 2.88. The van der Waals surface area contributed by atoms with E-state index in [2.05, 4.69) is 16.0 Å². The molecular weight excluding hydrogens is 304 g/mol. The molecule has 1 unspecified atom stereocenters. The van der Waals surface area contributed by atoms with Crippen LogP contribution in [0.1, 0.15) is 24.4 Å². The van der Waals surface area contributed by atoms with Crippen LogP contribution in [-0.2, 0) is 4.74 Å². The van der Waals surface area contributed by atoms with Gasteiger partial charge in [0.1, 0.15) is 6.04 Å². The predicted octanol–water partition coefficient (Wildman–Crippen LogP) is 1.61. The lowest BCUT2D eigenvalue weighted by Crippen LogP contribution is -2.41. The summed E-state index contributed by atoms with van der Waals surface area (Å²) >= 11 is 0. The number of halogens is 2. The second-order valence-corrected chi connectivity index (χ2v) is 5.84. The van der Waals surface area contributed by atoms with E-state index in [1.165, 1.54) is 0 Å². The molecule has 3 heterocycles. The first-order valence-corrected chi connectivity index (χ1v) is 7.75. The van der Waals surface area contributed by atoms with Gasteiger partial charge in [-0.05, 0) is 0 Å². The summed E-state index contributed by atoms with van der Waals surface area (Å²) in [6.07, 6.45) is 2.83. The minimum absolute atomic E-state index is 0.205. The van der Waals surface area contributed by atoms with Gasteiger partial charge in [0.15, 0.2) is 0 Å². The summed E-state index contributed by atoms with van der Waals surface area (Å²) in [5.74, 6) is -2.01. The minimum atomic E-state index is -2.62. The number of hydrogen-bond donors (Lipinski definition) is 0. The Labute approximate surface area is 133 Å². The molecule has 1 aromatic heterocycles. The van der Waals surface area contributed by atoms with Crippen LogP contribution in [0.5, 0.6) is 0 Å². The van der Waals surface area contributed by atoms with Gasteiger partial charge in [-0.2, -0.15) is 5.26 Å². The van der Waals surface area contributed by atoms with Gasteiger partial charge in [-0.1, -0.05) is 0 Å². The monoisotopic (exact) mass is 323 g/mol. The number of alkyl halides is 2. The van der Waals surface area contributed by atoms with Crippen molar-refractivity contribution in [3.63, 3.8) is 0 Å². The molecule has 0 amide bonds.